The van der Waals surface area contributed by atoms with Crippen LogP contribution in [0.3, 0.4) is 0 Å². The van der Waals surface area contributed by atoms with E-state index in [4.69, 9.17) is 0 Å². The third-order valence-electron chi connectivity index (χ3n) is 6.57. The molecule has 0 radical (unpaired) electrons. The van der Waals surface area contributed by atoms with Crippen LogP contribution in [-0.4, -0.2) is 25.6 Å². The molecule has 0 unspecified atom stereocenters. The van der Waals surface area contributed by atoms with E-state index in [1.54, 1.807) is 22.8 Å². The van der Waals surface area contributed by atoms with Crippen LogP contribution in [0.1, 0.15) is 21.5 Å². The van der Waals surface area contributed by atoms with Crippen molar-refractivity contribution >= 4 is 44.1 Å². The summed E-state index contributed by atoms with van der Waals surface area (Å²) in [7, 11) is 0. The first-order chi connectivity index (χ1) is 19.0. The molecule has 39 heavy (non-hydrogen) atoms. The molecular formula is C31H24BrN5O2. The van der Waals surface area contributed by atoms with Gasteiger partial charge in [-0.05, 0) is 62.1 Å². The molecule has 6 rings (SSSR count). The van der Waals surface area contributed by atoms with Crippen LogP contribution in [0, 0.1) is 0 Å². The molecule has 0 saturated carbocycles. The molecule has 4 aromatic carbocycles. The number of para-hydroxylation sites is 1. The molecule has 0 aliphatic heterocycles. The van der Waals surface area contributed by atoms with Crippen LogP contribution in [0.25, 0.3) is 27.7 Å². The molecule has 0 bridgehead atoms. The number of phenols is 1. The summed E-state index contributed by atoms with van der Waals surface area (Å²) in [6, 6.07) is 30.8. The zero-order valence-electron chi connectivity index (χ0n) is 20.8. The van der Waals surface area contributed by atoms with Gasteiger partial charge in [-0.25, -0.2) is 4.98 Å². The molecule has 0 saturated heterocycles. The molecule has 7 nitrogen and oxygen atoms in total. The summed E-state index contributed by atoms with van der Waals surface area (Å²) in [6.45, 7) is 0.996. The highest BCUT2D eigenvalue weighted by Gasteiger charge is 2.13. The van der Waals surface area contributed by atoms with Gasteiger partial charge in [-0.1, -0.05) is 66.7 Å². The van der Waals surface area contributed by atoms with E-state index in [2.05, 4.69) is 36.6 Å². The smallest absolute Gasteiger partial charge is 0.251 e. The Kier molecular flexibility index (Phi) is 6.69. The van der Waals surface area contributed by atoms with Gasteiger partial charge in [-0.3, -0.25) is 4.79 Å². The van der Waals surface area contributed by atoms with Gasteiger partial charge >= 0.3 is 0 Å². The normalized spacial score (nSPS) is 11.1. The predicted octanol–water partition coefficient (Wildman–Crippen LogP) is 6.56. The lowest BCUT2D eigenvalue weighted by atomic mass is 10.1. The number of benzene rings is 4. The number of hydrogen-bond donors (Lipinski definition) is 3. The second-order valence-corrected chi connectivity index (χ2v) is 10.0. The van der Waals surface area contributed by atoms with Gasteiger partial charge < -0.3 is 15.7 Å². The molecule has 8 heteroatoms. The second kappa shape index (κ2) is 10.6. The van der Waals surface area contributed by atoms with Gasteiger partial charge in [-0.15, -0.1) is 0 Å². The van der Waals surface area contributed by atoms with E-state index in [1.807, 2.05) is 84.9 Å². The molecule has 2 heterocycles. The van der Waals surface area contributed by atoms with Crippen LogP contribution in [0.15, 0.2) is 108 Å². The monoisotopic (exact) mass is 577 g/mol. The number of carbonyl (C=O) groups is 1. The lowest BCUT2D eigenvalue weighted by molar-refractivity contribution is 0.0951. The lowest BCUT2D eigenvalue weighted by Gasteiger charge is -2.12. The quantitative estimate of drug-likeness (QED) is 0.200. The van der Waals surface area contributed by atoms with Crippen molar-refractivity contribution in [1.82, 2.24) is 19.9 Å². The Labute approximate surface area is 233 Å². The second-order valence-electron chi connectivity index (χ2n) is 9.19. The van der Waals surface area contributed by atoms with Crippen LogP contribution < -0.4 is 10.6 Å². The summed E-state index contributed by atoms with van der Waals surface area (Å²) >= 11 is 3.51. The van der Waals surface area contributed by atoms with Crippen LogP contribution >= 0.6 is 15.9 Å². The summed E-state index contributed by atoms with van der Waals surface area (Å²) in [6.07, 6.45) is 1.70. The lowest BCUT2D eigenvalue weighted by Crippen LogP contribution is -2.22. The average Bonchev–Trinajstić information content (AvgIpc) is 3.35. The van der Waals surface area contributed by atoms with E-state index < -0.39 is 0 Å². The van der Waals surface area contributed by atoms with E-state index in [0.717, 1.165) is 32.2 Å². The van der Waals surface area contributed by atoms with Gasteiger partial charge in [-0.2, -0.15) is 9.61 Å². The average molecular weight is 578 g/mol. The third-order valence-corrected chi connectivity index (χ3v) is 7.13. The van der Waals surface area contributed by atoms with Crippen LogP contribution in [0.5, 0.6) is 5.75 Å². The Hall–Kier alpha value is -4.69. The molecule has 6 aromatic rings. The van der Waals surface area contributed by atoms with Crippen LogP contribution in [0.2, 0.25) is 0 Å². The summed E-state index contributed by atoms with van der Waals surface area (Å²) < 4.78 is 2.49. The van der Waals surface area contributed by atoms with E-state index in [9.17, 15) is 9.90 Å². The number of amides is 1. The first-order valence-corrected chi connectivity index (χ1v) is 13.3. The van der Waals surface area contributed by atoms with Gasteiger partial charge in [0.15, 0.2) is 5.65 Å². The Bertz CT molecular complexity index is 1810. The Morgan fingerprint density at radius 3 is 2.36 bits per heavy atom. The van der Waals surface area contributed by atoms with Gasteiger partial charge in [0.05, 0.1) is 16.4 Å². The molecule has 0 aliphatic rings. The number of fused-ring (bicyclic) bond motifs is 2. The highest BCUT2D eigenvalue weighted by Crippen LogP contribution is 2.31. The number of halogens is 1. The maximum absolute atomic E-state index is 12.7. The van der Waals surface area contributed by atoms with Crippen molar-refractivity contribution in [3.05, 3.63) is 124 Å². The van der Waals surface area contributed by atoms with Gasteiger partial charge in [0.25, 0.3) is 5.91 Å². The minimum atomic E-state index is -0.0983. The molecule has 0 fully saturated rings. The Balaban J connectivity index is 1.13. The van der Waals surface area contributed by atoms with Crippen molar-refractivity contribution in [2.45, 2.75) is 13.1 Å². The number of anilines is 1. The third kappa shape index (κ3) is 5.19. The number of hydrogen-bond acceptors (Lipinski definition) is 5. The van der Waals surface area contributed by atoms with E-state index in [1.165, 1.54) is 0 Å². The van der Waals surface area contributed by atoms with Crippen molar-refractivity contribution in [1.29, 1.82) is 0 Å². The van der Waals surface area contributed by atoms with Crippen LogP contribution in [-0.2, 0) is 13.1 Å². The highest BCUT2D eigenvalue weighted by atomic mass is 79.9. The van der Waals surface area contributed by atoms with Crippen molar-refractivity contribution in [2.75, 3.05) is 5.32 Å². The van der Waals surface area contributed by atoms with Gasteiger partial charge in [0.2, 0.25) is 0 Å². The Morgan fingerprint density at radius 2 is 1.56 bits per heavy atom. The number of rotatable bonds is 7. The fourth-order valence-electron chi connectivity index (χ4n) is 4.47. The highest BCUT2D eigenvalue weighted by molar-refractivity contribution is 9.10. The number of carbonyl (C=O) groups excluding carboxylic acids is 1. The van der Waals surface area contributed by atoms with E-state index in [-0.39, 0.29) is 11.7 Å². The number of nitrogens with one attached hydrogen (secondary N) is 2. The van der Waals surface area contributed by atoms with Crippen molar-refractivity contribution in [2.24, 2.45) is 0 Å². The molecule has 0 aliphatic carbocycles. The minimum absolute atomic E-state index is 0.0983. The number of nitrogens with zero attached hydrogens (tertiary/aromatic N) is 3. The fraction of sp³-hybridized carbons (Fsp3) is 0.0645. The maximum atomic E-state index is 12.7. The number of phenolic OH excluding ortho intramolecular Hbond substituents is 1. The van der Waals surface area contributed by atoms with Gasteiger partial charge in [0.1, 0.15) is 11.6 Å². The Morgan fingerprint density at radius 1 is 0.846 bits per heavy atom. The van der Waals surface area contributed by atoms with Crippen LogP contribution in [0.4, 0.5) is 5.82 Å². The molecular weight excluding hydrogens is 554 g/mol. The number of aromatic nitrogens is 3. The standard InChI is InChI=1S/C31H24BrN5O2/c32-26-19-35-37-29(16-27(36-30(26)37)25-7-3-4-8-28(25)38)33-17-20-9-11-21(12-10-20)18-34-31(39)24-14-13-22-5-1-2-6-23(22)15-24/h1-16,19,33,38H,17-18H2,(H,34,39). The predicted molar refractivity (Wildman–Crippen MR) is 157 cm³/mol. The molecule has 3 N–H and O–H groups in total. The fourth-order valence-corrected chi connectivity index (χ4v) is 4.82. The maximum Gasteiger partial charge on any atom is 0.251 e. The summed E-state index contributed by atoms with van der Waals surface area (Å²) in [5, 5.41) is 23.4. The molecule has 0 atom stereocenters. The molecule has 192 valence electrons. The van der Waals surface area contributed by atoms with E-state index >= 15 is 0 Å². The van der Waals surface area contributed by atoms with Gasteiger partial charge in [0, 0.05) is 30.3 Å². The zero-order chi connectivity index (χ0) is 26.8. The molecule has 0 spiro atoms. The topological polar surface area (TPSA) is 91.5 Å². The van der Waals surface area contributed by atoms with Crippen molar-refractivity contribution in [3.8, 4) is 17.0 Å². The summed E-state index contributed by atoms with van der Waals surface area (Å²) in [4.78, 5) is 17.4. The summed E-state index contributed by atoms with van der Waals surface area (Å²) in [5.41, 5.74) is 4.66. The molecule has 2 aromatic heterocycles. The van der Waals surface area contributed by atoms with Crippen molar-refractivity contribution in [3.63, 3.8) is 0 Å². The number of aromatic hydroxyl groups is 1. The first kappa shape index (κ1) is 24.6. The SMILES string of the molecule is O=C(NCc1ccc(CNc2cc(-c3ccccc3O)nc3c(Br)cnn23)cc1)c1ccc2ccccc2c1. The zero-order valence-corrected chi connectivity index (χ0v) is 22.4. The summed E-state index contributed by atoms with van der Waals surface area (Å²) in [5.74, 6) is 0.814. The first-order valence-electron chi connectivity index (χ1n) is 12.5. The molecule has 1 amide bonds. The van der Waals surface area contributed by atoms with Crippen molar-refractivity contribution < 1.29 is 9.90 Å². The largest absolute Gasteiger partial charge is 0.507 e. The minimum Gasteiger partial charge on any atom is -0.507 e. The van der Waals surface area contributed by atoms with E-state index in [0.29, 0.717) is 35.6 Å².